The van der Waals surface area contributed by atoms with Gasteiger partial charge >= 0.3 is 0 Å². The summed E-state index contributed by atoms with van der Waals surface area (Å²) >= 11 is 0. The van der Waals surface area contributed by atoms with Crippen LogP contribution in [0.1, 0.15) is 37.7 Å². The minimum absolute atomic E-state index is 0.0112. The number of carbonyl (C=O) groups is 1. The van der Waals surface area contributed by atoms with Crippen LogP contribution in [0.4, 0.5) is 0 Å². The third-order valence-corrected chi connectivity index (χ3v) is 5.33. The predicted molar refractivity (Wildman–Crippen MR) is 83.7 cm³/mol. The molecule has 1 amide bonds. The van der Waals surface area contributed by atoms with E-state index in [9.17, 15) is 13.2 Å². The summed E-state index contributed by atoms with van der Waals surface area (Å²) < 4.78 is 25.1. The Kier molecular flexibility index (Phi) is 5.96. The molecule has 7 nitrogen and oxygen atoms in total. The van der Waals surface area contributed by atoms with Crippen LogP contribution in [0.2, 0.25) is 0 Å². The third kappa shape index (κ3) is 5.10. The van der Waals surface area contributed by atoms with Gasteiger partial charge in [0.15, 0.2) is 0 Å². The van der Waals surface area contributed by atoms with Gasteiger partial charge in [0.05, 0.1) is 12.5 Å². The quantitative estimate of drug-likeness (QED) is 0.769. The van der Waals surface area contributed by atoms with E-state index < -0.39 is 10.0 Å². The zero-order valence-electron chi connectivity index (χ0n) is 12.9. The zero-order valence-corrected chi connectivity index (χ0v) is 13.7. The number of nitrogens with one attached hydrogen (secondary N) is 2. The van der Waals surface area contributed by atoms with Gasteiger partial charge in [-0.15, -0.1) is 0 Å². The second-order valence-electron chi connectivity index (χ2n) is 5.77. The molecule has 8 heteroatoms. The number of hydrogen-bond acceptors (Lipinski definition) is 4. The first kappa shape index (κ1) is 17.0. The number of piperidine rings is 1. The summed E-state index contributed by atoms with van der Waals surface area (Å²) in [5, 5.41) is 9.42. The first-order chi connectivity index (χ1) is 10.5. The molecule has 0 aromatic carbocycles. The molecule has 124 valence electrons. The van der Waals surface area contributed by atoms with Crippen molar-refractivity contribution in [2.24, 2.45) is 0 Å². The van der Waals surface area contributed by atoms with Gasteiger partial charge in [-0.2, -0.15) is 9.40 Å². The van der Waals surface area contributed by atoms with Gasteiger partial charge in [-0.3, -0.25) is 9.89 Å². The van der Waals surface area contributed by atoms with Crippen molar-refractivity contribution in [3.05, 3.63) is 18.0 Å². The molecule has 0 radical (unpaired) electrons. The molecule has 2 rings (SSSR count). The van der Waals surface area contributed by atoms with Crippen LogP contribution in [0.15, 0.2) is 12.4 Å². The number of H-pyrrole nitrogens is 1. The van der Waals surface area contributed by atoms with E-state index in [4.69, 9.17) is 0 Å². The van der Waals surface area contributed by atoms with Gasteiger partial charge in [0.25, 0.3) is 0 Å². The highest BCUT2D eigenvalue weighted by atomic mass is 32.2. The smallest absolute Gasteiger partial charge is 0.220 e. The van der Waals surface area contributed by atoms with Crippen molar-refractivity contribution >= 4 is 15.9 Å². The molecule has 1 saturated heterocycles. The van der Waals surface area contributed by atoms with Crippen molar-refractivity contribution in [1.82, 2.24) is 19.8 Å². The summed E-state index contributed by atoms with van der Waals surface area (Å²) in [5.41, 5.74) is 1.01. The number of aryl methyl sites for hydroxylation is 1. The van der Waals surface area contributed by atoms with Gasteiger partial charge in [-0.05, 0) is 31.2 Å². The van der Waals surface area contributed by atoms with E-state index in [1.165, 1.54) is 6.26 Å². The zero-order chi connectivity index (χ0) is 16.0. The van der Waals surface area contributed by atoms with Gasteiger partial charge in [-0.25, -0.2) is 8.42 Å². The Morgan fingerprint density at radius 1 is 1.50 bits per heavy atom. The summed E-state index contributed by atoms with van der Waals surface area (Å²) in [6, 6.07) is 0.0120. The lowest BCUT2D eigenvalue weighted by Gasteiger charge is -2.33. The summed E-state index contributed by atoms with van der Waals surface area (Å²) in [5.74, 6) is -0.0112. The van der Waals surface area contributed by atoms with Crippen LogP contribution >= 0.6 is 0 Å². The fraction of sp³-hybridized carbons (Fsp3) is 0.714. The molecule has 1 aliphatic rings. The average molecular weight is 328 g/mol. The van der Waals surface area contributed by atoms with Crippen molar-refractivity contribution in [3.8, 4) is 0 Å². The largest absolute Gasteiger partial charge is 0.356 e. The van der Waals surface area contributed by atoms with Crippen LogP contribution in [0.3, 0.4) is 0 Å². The van der Waals surface area contributed by atoms with Gasteiger partial charge in [0.2, 0.25) is 15.9 Å². The van der Waals surface area contributed by atoms with Gasteiger partial charge in [-0.1, -0.05) is 6.42 Å². The third-order valence-electron chi connectivity index (χ3n) is 3.99. The Morgan fingerprint density at radius 2 is 2.32 bits per heavy atom. The molecule has 0 aliphatic carbocycles. The number of sulfonamides is 1. The van der Waals surface area contributed by atoms with E-state index in [0.29, 0.717) is 32.4 Å². The standard InChI is InChI=1S/C14H24N4O3S/c1-22(20,21)18-9-3-2-4-13(18)7-8-15-14(19)6-5-12-10-16-17-11-12/h10-11,13H,2-9H2,1H3,(H,15,19)(H,16,17)/t13-/m0/s1. The number of aromatic nitrogens is 2. The molecule has 2 N–H and O–H groups in total. The van der Waals surface area contributed by atoms with Crippen LogP contribution in [0, 0.1) is 0 Å². The van der Waals surface area contributed by atoms with Crippen molar-refractivity contribution in [1.29, 1.82) is 0 Å². The molecule has 1 aromatic rings. The Balaban J connectivity index is 1.71. The van der Waals surface area contributed by atoms with Gasteiger partial charge < -0.3 is 5.32 Å². The fourth-order valence-electron chi connectivity index (χ4n) is 2.84. The molecule has 1 fully saturated rings. The number of amides is 1. The van der Waals surface area contributed by atoms with Crippen molar-refractivity contribution in [3.63, 3.8) is 0 Å². The monoisotopic (exact) mass is 328 g/mol. The minimum Gasteiger partial charge on any atom is -0.356 e. The lowest BCUT2D eigenvalue weighted by Crippen LogP contribution is -2.44. The molecule has 22 heavy (non-hydrogen) atoms. The SMILES string of the molecule is CS(=O)(=O)N1CCCC[C@H]1CCNC(=O)CCc1cn[nH]c1. The molecule has 1 aromatic heterocycles. The molecule has 2 heterocycles. The molecule has 0 unspecified atom stereocenters. The molecule has 1 aliphatic heterocycles. The first-order valence-electron chi connectivity index (χ1n) is 7.68. The number of hydrogen-bond donors (Lipinski definition) is 2. The highest BCUT2D eigenvalue weighted by Gasteiger charge is 2.28. The predicted octanol–water partition coefficient (Wildman–Crippen LogP) is 0.663. The lowest BCUT2D eigenvalue weighted by molar-refractivity contribution is -0.121. The molecular weight excluding hydrogens is 304 g/mol. The lowest BCUT2D eigenvalue weighted by atomic mass is 10.0. The maximum Gasteiger partial charge on any atom is 0.220 e. The van der Waals surface area contributed by atoms with E-state index in [2.05, 4.69) is 15.5 Å². The Labute approximate surface area is 131 Å². The Morgan fingerprint density at radius 3 is 3.00 bits per heavy atom. The number of nitrogens with zero attached hydrogens (tertiary/aromatic N) is 2. The van der Waals surface area contributed by atoms with Gasteiger partial charge in [0, 0.05) is 31.7 Å². The van der Waals surface area contributed by atoms with E-state index >= 15 is 0 Å². The van der Waals surface area contributed by atoms with Crippen LogP contribution in [-0.4, -0.2) is 54.2 Å². The second-order valence-corrected chi connectivity index (χ2v) is 7.70. The summed E-state index contributed by atoms with van der Waals surface area (Å²) in [6.07, 6.45) is 9.32. The Bertz CT molecular complexity index is 571. The molecular formula is C14H24N4O3S. The van der Waals surface area contributed by atoms with Crippen LogP contribution < -0.4 is 5.32 Å². The molecule has 0 saturated carbocycles. The van der Waals surface area contributed by atoms with Crippen LogP contribution in [0.5, 0.6) is 0 Å². The minimum atomic E-state index is -3.16. The highest BCUT2D eigenvalue weighted by molar-refractivity contribution is 7.88. The van der Waals surface area contributed by atoms with Gasteiger partial charge in [0.1, 0.15) is 0 Å². The maximum atomic E-state index is 11.8. The van der Waals surface area contributed by atoms with E-state index in [1.54, 1.807) is 16.7 Å². The number of rotatable bonds is 7. The fourth-order valence-corrected chi connectivity index (χ4v) is 4.05. The summed E-state index contributed by atoms with van der Waals surface area (Å²) in [4.78, 5) is 11.8. The number of aromatic amines is 1. The summed E-state index contributed by atoms with van der Waals surface area (Å²) in [7, 11) is -3.16. The maximum absolute atomic E-state index is 11.8. The van der Waals surface area contributed by atoms with E-state index in [-0.39, 0.29) is 11.9 Å². The van der Waals surface area contributed by atoms with E-state index in [1.807, 2.05) is 0 Å². The van der Waals surface area contributed by atoms with Crippen molar-refractivity contribution < 1.29 is 13.2 Å². The molecule has 1 atom stereocenters. The Hall–Kier alpha value is -1.41. The van der Waals surface area contributed by atoms with Crippen molar-refractivity contribution in [2.75, 3.05) is 19.3 Å². The normalized spacial score (nSPS) is 20.0. The van der Waals surface area contributed by atoms with E-state index in [0.717, 1.165) is 24.8 Å². The average Bonchev–Trinajstić information content (AvgIpc) is 2.98. The second kappa shape index (κ2) is 7.73. The summed E-state index contributed by atoms with van der Waals surface area (Å²) in [6.45, 7) is 1.11. The highest BCUT2D eigenvalue weighted by Crippen LogP contribution is 2.21. The van der Waals surface area contributed by atoms with Crippen molar-refractivity contribution in [2.45, 2.75) is 44.6 Å². The molecule has 0 spiro atoms. The number of carbonyl (C=O) groups excluding carboxylic acids is 1. The van der Waals surface area contributed by atoms with Crippen LogP contribution in [-0.2, 0) is 21.2 Å². The van der Waals surface area contributed by atoms with Crippen LogP contribution in [0.25, 0.3) is 0 Å². The topological polar surface area (TPSA) is 95.2 Å². The first-order valence-corrected chi connectivity index (χ1v) is 9.53. The molecule has 0 bridgehead atoms.